The third-order valence-electron chi connectivity index (χ3n) is 2.97. The van der Waals surface area contributed by atoms with E-state index in [1.807, 2.05) is 0 Å². The molecule has 1 unspecified atom stereocenters. The van der Waals surface area contributed by atoms with Crippen molar-refractivity contribution in [3.05, 3.63) is 35.1 Å². The molecule has 1 aromatic carbocycles. The van der Waals surface area contributed by atoms with Crippen LogP contribution in [0.5, 0.6) is 0 Å². The smallest absolute Gasteiger partial charge is 0.306 e. The zero-order valence-electron chi connectivity index (χ0n) is 10.5. The maximum atomic E-state index is 14.0. The molecule has 0 radical (unpaired) electrons. The van der Waals surface area contributed by atoms with E-state index in [0.717, 1.165) is 13.0 Å². The van der Waals surface area contributed by atoms with Crippen molar-refractivity contribution in [1.82, 2.24) is 0 Å². The van der Waals surface area contributed by atoms with E-state index < -0.39 is 29.5 Å². The number of hydrogen-bond donors (Lipinski definition) is 2. The lowest BCUT2D eigenvalue weighted by Gasteiger charge is -2.31. The monoisotopic (exact) mass is 262 g/mol. The van der Waals surface area contributed by atoms with Gasteiger partial charge in [-0.1, -0.05) is 26.0 Å². The highest BCUT2D eigenvalue weighted by molar-refractivity contribution is 5.32. The quantitative estimate of drug-likeness (QED) is 0.876. The molecule has 0 aliphatic carbocycles. The molecule has 2 nitrogen and oxygen atoms in total. The van der Waals surface area contributed by atoms with Gasteiger partial charge in [-0.2, -0.15) is 8.78 Å². The molecule has 0 aromatic heterocycles. The molecule has 0 aliphatic rings. The summed E-state index contributed by atoms with van der Waals surface area (Å²) in [4.78, 5) is 0. The molecule has 0 heterocycles. The Kier molecular flexibility index (Phi) is 4.08. The van der Waals surface area contributed by atoms with Gasteiger partial charge in [-0.05, 0) is 24.5 Å². The van der Waals surface area contributed by atoms with Crippen molar-refractivity contribution in [2.45, 2.75) is 38.2 Å². The van der Waals surface area contributed by atoms with Crippen LogP contribution in [0, 0.1) is 5.82 Å². The Balaban J connectivity index is 3.38. The average Bonchev–Trinajstić information content (AvgIpc) is 2.28. The lowest BCUT2D eigenvalue weighted by Crippen LogP contribution is -2.47. The Bertz CT molecular complexity index is 428. The molecule has 0 amide bonds. The van der Waals surface area contributed by atoms with E-state index in [-0.39, 0.29) is 11.5 Å². The highest BCUT2D eigenvalue weighted by Gasteiger charge is 2.51. The fraction of sp³-hybridized carbons (Fsp3) is 0.538. The van der Waals surface area contributed by atoms with Gasteiger partial charge in [0.1, 0.15) is 5.82 Å². The fourth-order valence-electron chi connectivity index (χ4n) is 1.63. The SMILES string of the molecule is CC(C)c1cccc(C(F)(F)C(C)(O)CO)c1F. The van der Waals surface area contributed by atoms with E-state index in [1.54, 1.807) is 13.8 Å². The first-order chi connectivity index (χ1) is 8.15. The Hall–Kier alpha value is -1.07. The largest absolute Gasteiger partial charge is 0.393 e. The van der Waals surface area contributed by atoms with E-state index in [2.05, 4.69) is 0 Å². The van der Waals surface area contributed by atoms with Crippen molar-refractivity contribution in [3.63, 3.8) is 0 Å². The van der Waals surface area contributed by atoms with Gasteiger partial charge in [0.05, 0.1) is 12.2 Å². The van der Waals surface area contributed by atoms with Crippen molar-refractivity contribution in [1.29, 1.82) is 0 Å². The zero-order chi connectivity index (χ0) is 14.1. The molecule has 0 saturated carbocycles. The highest BCUT2D eigenvalue weighted by atomic mass is 19.3. The second-order valence-electron chi connectivity index (χ2n) is 4.87. The van der Waals surface area contributed by atoms with Crippen LogP contribution in [0.25, 0.3) is 0 Å². The number of benzene rings is 1. The molecule has 0 fully saturated rings. The van der Waals surface area contributed by atoms with Gasteiger partial charge in [0.15, 0.2) is 5.60 Å². The van der Waals surface area contributed by atoms with Crippen LogP contribution >= 0.6 is 0 Å². The van der Waals surface area contributed by atoms with E-state index in [0.29, 0.717) is 0 Å². The third kappa shape index (κ3) is 2.37. The second kappa shape index (κ2) is 4.90. The summed E-state index contributed by atoms with van der Waals surface area (Å²) in [5, 5.41) is 18.3. The first-order valence-corrected chi connectivity index (χ1v) is 5.65. The molecule has 18 heavy (non-hydrogen) atoms. The summed E-state index contributed by atoms with van der Waals surface area (Å²) in [6, 6.07) is 3.66. The van der Waals surface area contributed by atoms with Crippen molar-refractivity contribution in [2.24, 2.45) is 0 Å². The first-order valence-electron chi connectivity index (χ1n) is 5.65. The Labute approximate surface area is 104 Å². The van der Waals surface area contributed by atoms with Crippen LogP contribution < -0.4 is 0 Å². The van der Waals surface area contributed by atoms with Gasteiger partial charge < -0.3 is 10.2 Å². The highest BCUT2D eigenvalue weighted by Crippen LogP contribution is 2.41. The Morgan fingerprint density at radius 2 is 1.83 bits per heavy atom. The van der Waals surface area contributed by atoms with Crippen LogP contribution in [0.15, 0.2) is 18.2 Å². The van der Waals surface area contributed by atoms with E-state index in [4.69, 9.17) is 5.11 Å². The fourth-order valence-corrected chi connectivity index (χ4v) is 1.63. The van der Waals surface area contributed by atoms with Crippen LogP contribution in [0.1, 0.15) is 37.8 Å². The van der Waals surface area contributed by atoms with Crippen molar-refractivity contribution in [2.75, 3.05) is 6.61 Å². The molecule has 0 aliphatic heterocycles. The predicted octanol–water partition coefficient (Wildman–Crippen LogP) is 2.78. The standard InChI is InChI=1S/C13H17F3O2/c1-8(2)9-5-4-6-10(11(9)14)13(15,16)12(3,18)7-17/h4-6,8,17-18H,7H2,1-3H3. The molecule has 1 atom stereocenters. The molecule has 0 spiro atoms. The summed E-state index contributed by atoms with van der Waals surface area (Å²) in [6.45, 7) is 2.98. The minimum absolute atomic E-state index is 0.154. The van der Waals surface area contributed by atoms with Crippen LogP contribution in [-0.2, 0) is 5.92 Å². The number of rotatable bonds is 4. The van der Waals surface area contributed by atoms with Crippen molar-refractivity contribution in [3.8, 4) is 0 Å². The van der Waals surface area contributed by atoms with Gasteiger partial charge in [0.2, 0.25) is 0 Å². The van der Waals surface area contributed by atoms with E-state index in [9.17, 15) is 18.3 Å². The van der Waals surface area contributed by atoms with Crippen LogP contribution in [0.2, 0.25) is 0 Å². The summed E-state index contributed by atoms with van der Waals surface area (Å²) >= 11 is 0. The third-order valence-corrected chi connectivity index (χ3v) is 2.97. The lowest BCUT2D eigenvalue weighted by molar-refractivity contribution is -0.197. The molecule has 2 N–H and O–H groups in total. The molecule has 5 heteroatoms. The molecular weight excluding hydrogens is 245 g/mol. The van der Waals surface area contributed by atoms with Gasteiger partial charge in [-0.3, -0.25) is 0 Å². The summed E-state index contributed by atoms with van der Waals surface area (Å²) in [7, 11) is 0. The van der Waals surface area contributed by atoms with Gasteiger partial charge in [0.25, 0.3) is 0 Å². The van der Waals surface area contributed by atoms with Gasteiger partial charge in [-0.25, -0.2) is 4.39 Å². The van der Waals surface area contributed by atoms with E-state index in [1.165, 1.54) is 12.1 Å². The normalized spacial score (nSPS) is 15.8. The molecular formula is C13H17F3O2. The summed E-state index contributed by atoms with van der Waals surface area (Å²) in [5.74, 6) is -5.15. The minimum Gasteiger partial charge on any atom is -0.393 e. The molecule has 102 valence electrons. The number of hydrogen-bond acceptors (Lipinski definition) is 2. The first kappa shape index (κ1) is 15.0. The Morgan fingerprint density at radius 3 is 2.28 bits per heavy atom. The van der Waals surface area contributed by atoms with E-state index >= 15 is 0 Å². The van der Waals surface area contributed by atoms with Gasteiger partial charge in [0, 0.05) is 0 Å². The van der Waals surface area contributed by atoms with Gasteiger partial charge >= 0.3 is 5.92 Å². The summed E-state index contributed by atoms with van der Waals surface area (Å²) < 4.78 is 42.0. The summed E-state index contributed by atoms with van der Waals surface area (Å²) in [6.07, 6.45) is 0. The average molecular weight is 262 g/mol. The number of halogens is 3. The maximum Gasteiger partial charge on any atom is 0.306 e. The van der Waals surface area contributed by atoms with Crippen LogP contribution in [0.4, 0.5) is 13.2 Å². The topological polar surface area (TPSA) is 40.5 Å². The molecule has 1 aromatic rings. The zero-order valence-corrected chi connectivity index (χ0v) is 10.5. The molecule has 1 rings (SSSR count). The van der Waals surface area contributed by atoms with Crippen LogP contribution in [-0.4, -0.2) is 22.4 Å². The Morgan fingerprint density at radius 1 is 1.28 bits per heavy atom. The molecule has 0 bridgehead atoms. The number of aliphatic hydroxyl groups is 2. The van der Waals surface area contributed by atoms with Crippen molar-refractivity contribution < 1.29 is 23.4 Å². The lowest BCUT2D eigenvalue weighted by atomic mass is 9.89. The van der Waals surface area contributed by atoms with Crippen LogP contribution in [0.3, 0.4) is 0 Å². The maximum absolute atomic E-state index is 14.0. The second-order valence-corrected chi connectivity index (χ2v) is 4.87. The predicted molar refractivity (Wildman–Crippen MR) is 62.1 cm³/mol. The van der Waals surface area contributed by atoms with Crippen molar-refractivity contribution >= 4 is 0 Å². The summed E-state index contributed by atoms with van der Waals surface area (Å²) in [5.41, 5.74) is -3.45. The minimum atomic E-state index is -3.86. The number of aliphatic hydroxyl groups excluding tert-OH is 1. The van der Waals surface area contributed by atoms with Gasteiger partial charge in [-0.15, -0.1) is 0 Å². The number of alkyl halides is 2. The molecule has 0 saturated heterocycles.